The Hall–Kier alpha value is -3.21. The maximum atomic E-state index is 12.6. The summed E-state index contributed by atoms with van der Waals surface area (Å²) in [5.41, 5.74) is 3.88. The Balaban J connectivity index is 1.46. The number of ketones is 1. The zero-order chi connectivity index (χ0) is 19.3. The average molecular weight is 373 g/mol. The Morgan fingerprint density at radius 2 is 1.86 bits per heavy atom. The van der Waals surface area contributed by atoms with Crippen molar-refractivity contribution in [1.29, 1.82) is 0 Å². The van der Waals surface area contributed by atoms with E-state index in [1.54, 1.807) is 13.3 Å². The van der Waals surface area contributed by atoms with Gasteiger partial charge in [-0.1, -0.05) is 42.5 Å². The molecule has 0 radical (unpaired) electrons. The van der Waals surface area contributed by atoms with E-state index in [1.165, 1.54) is 5.56 Å². The number of Topliss-reactive ketones (excluding diaryl/α,β-unsaturated/α-hetero) is 1. The van der Waals surface area contributed by atoms with Gasteiger partial charge in [-0.2, -0.15) is 0 Å². The quantitative estimate of drug-likeness (QED) is 0.706. The molecular formula is C23H23N3O2. The molecule has 0 saturated carbocycles. The molecule has 1 N–H and O–H groups in total. The second-order valence-corrected chi connectivity index (χ2v) is 7.02. The van der Waals surface area contributed by atoms with E-state index < -0.39 is 0 Å². The van der Waals surface area contributed by atoms with Crippen molar-refractivity contribution in [1.82, 2.24) is 9.97 Å². The van der Waals surface area contributed by atoms with Crippen LogP contribution in [0.25, 0.3) is 0 Å². The summed E-state index contributed by atoms with van der Waals surface area (Å²) in [7, 11) is 1.65. The smallest absolute Gasteiger partial charge is 0.222 e. The molecule has 5 nitrogen and oxygen atoms in total. The van der Waals surface area contributed by atoms with Crippen LogP contribution in [0.2, 0.25) is 0 Å². The maximum Gasteiger partial charge on any atom is 0.222 e. The van der Waals surface area contributed by atoms with E-state index in [9.17, 15) is 4.79 Å². The molecule has 1 aliphatic carbocycles. The van der Waals surface area contributed by atoms with Crippen molar-refractivity contribution in [2.75, 3.05) is 19.0 Å². The van der Waals surface area contributed by atoms with Crippen LogP contribution in [0.15, 0.2) is 60.8 Å². The monoisotopic (exact) mass is 373 g/mol. The number of aromatic nitrogens is 2. The summed E-state index contributed by atoms with van der Waals surface area (Å²) in [5, 5.41) is 3.28. The Morgan fingerprint density at radius 3 is 2.61 bits per heavy atom. The van der Waals surface area contributed by atoms with E-state index in [0.717, 1.165) is 36.4 Å². The van der Waals surface area contributed by atoms with Crippen molar-refractivity contribution in [3.8, 4) is 5.75 Å². The van der Waals surface area contributed by atoms with E-state index in [2.05, 4.69) is 27.4 Å². The minimum absolute atomic E-state index is 0.109. The SMILES string of the molecule is COc1ccc([C@H]2CC(=O)c3cnc(NCCc4ccccc4)nc3C2)cc1. The maximum absolute atomic E-state index is 12.6. The average Bonchev–Trinajstić information content (AvgIpc) is 2.74. The van der Waals surface area contributed by atoms with Crippen LogP contribution < -0.4 is 10.1 Å². The predicted octanol–water partition coefficient (Wildman–Crippen LogP) is 4.05. The van der Waals surface area contributed by atoms with Crippen LogP contribution in [0.5, 0.6) is 5.75 Å². The zero-order valence-electron chi connectivity index (χ0n) is 15.9. The lowest BCUT2D eigenvalue weighted by Gasteiger charge is -2.23. The molecule has 0 fully saturated rings. The highest BCUT2D eigenvalue weighted by atomic mass is 16.5. The van der Waals surface area contributed by atoms with Crippen molar-refractivity contribution in [2.24, 2.45) is 0 Å². The first-order valence-corrected chi connectivity index (χ1v) is 9.54. The fourth-order valence-electron chi connectivity index (χ4n) is 3.61. The van der Waals surface area contributed by atoms with Gasteiger partial charge in [0.25, 0.3) is 0 Å². The minimum atomic E-state index is 0.109. The molecule has 0 amide bonds. The number of anilines is 1. The molecule has 5 heteroatoms. The second-order valence-electron chi connectivity index (χ2n) is 7.02. The van der Waals surface area contributed by atoms with Crippen molar-refractivity contribution in [2.45, 2.75) is 25.2 Å². The summed E-state index contributed by atoms with van der Waals surface area (Å²) in [5.74, 6) is 1.65. The molecule has 0 spiro atoms. The highest BCUT2D eigenvalue weighted by Crippen LogP contribution is 2.32. The molecule has 0 unspecified atom stereocenters. The minimum Gasteiger partial charge on any atom is -0.497 e. The summed E-state index contributed by atoms with van der Waals surface area (Å²) in [6, 6.07) is 18.2. The van der Waals surface area contributed by atoms with Crippen LogP contribution in [-0.2, 0) is 12.8 Å². The summed E-state index contributed by atoms with van der Waals surface area (Å²) in [4.78, 5) is 21.5. The molecule has 1 atom stereocenters. The zero-order valence-corrected chi connectivity index (χ0v) is 15.9. The number of benzene rings is 2. The first-order valence-electron chi connectivity index (χ1n) is 9.54. The number of rotatable bonds is 6. The summed E-state index contributed by atoms with van der Waals surface area (Å²) < 4.78 is 5.22. The van der Waals surface area contributed by atoms with Crippen LogP contribution in [-0.4, -0.2) is 29.4 Å². The van der Waals surface area contributed by atoms with Crippen LogP contribution in [0, 0.1) is 0 Å². The molecule has 0 saturated heterocycles. The molecular weight excluding hydrogens is 350 g/mol. The first kappa shape index (κ1) is 18.2. The number of nitrogens with zero attached hydrogens (tertiary/aromatic N) is 2. The van der Waals surface area contributed by atoms with Gasteiger partial charge in [0.1, 0.15) is 5.75 Å². The van der Waals surface area contributed by atoms with Gasteiger partial charge in [0, 0.05) is 19.2 Å². The number of hydrogen-bond donors (Lipinski definition) is 1. The topological polar surface area (TPSA) is 64.1 Å². The standard InChI is InChI=1S/C23H23N3O2/c1-28-19-9-7-17(8-10-19)18-13-21-20(22(27)14-18)15-25-23(26-21)24-12-11-16-5-3-2-4-6-16/h2-10,15,18H,11-14H2,1H3,(H,24,25,26)/t18-/m1/s1. The van der Waals surface area contributed by atoms with Gasteiger partial charge in [0.15, 0.2) is 5.78 Å². The lowest BCUT2D eigenvalue weighted by molar-refractivity contribution is 0.0962. The van der Waals surface area contributed by atoms with Crippen molar-refractivity contribution in [3.05, 3.63) is 83.2 Å². The summed E-state index contributed by atoms with van der Waals surface area (Å²) >= 11 is 0. The highest BCUT2D eigenvalue weighted by molar-refractivity contribution is 5.98. The van der Waals surface area contributed by atoms with Crippen LogP contribution in [0.4, 0.5) is 5.95 Å². The number of carbonyl (C=O) groups excluding carboxylic acids is 1. The lowest BCUT2D eigenvalue weighted by Crippen LogP contribution is -2.21. The Kier molecular flexibility index (Phi) is 5.33. The molecule has 1 aromatic heterocycles. The van der Waals surface area contributed by atoms with Crippen molar-refractivity contribution >= 4 is 11.7 Å². The van der Waals surface area contributed by atoms with Gasteiger partial charge >= 0.3 is 0 Å². The summed E-state index contributed by atoms with van der Waals surface area (Å²) in [6.45, 7) is 0.749. The lowest BCUT2D eigenvalue weighted by atomic mass is 9.82. The van der Waals surface area contributed by atoms with Gasteiger partial charge < -0.3 is 10.1 Å². The predicted molar refractivity (Wildman–Crippen MR) is 109 cm³/mol. The molecule has 28 heavy (non-hydrogen) atoms. The highest BCUT2D eigenvalue weighted by Gasteiger charge is 2.28. The Morgan fingerprint density at radius 1 is 1.07 bits per heavy atom. The number of carbonyl (C=O) groups is 1. The van der Waals surface area contributed by atoms with E-state index >= 15 is 0 Å². The van der Waals surface area contributed by atoms with Gasteiger partial charge in [0.05, 0.1) is 18.4 Å². The summed E-state index contributed by atoms with van der Waals surface area (Å²) in [6.07, 6.45) is 3.79. The second kappa shape index (κ2) is 8.21. The normalized spacial score (nSPS) is 15.8. The molecule has 2 aromatic carbocycles. The van der Waals surface area contributed by atoms with Crippen LogP contribution in [0.3, 0.4) is 0 Å². The van der Waals surface area contributed by atoms with Crippen LogP contribution >= 0.6 is 0 Å². The number of nitrogens with one attached hydrogen (secondary N) is 1. The van der Waals surface area contributed by atoms with Crippen molar-refractivity contribution < 1.29 is 9.53 Å². The van der Waals surface area contributed by atoms with Gasteiger partial charge in [-0.15, -0.1) is 0 Å². The van der Waals surface area contributed by atoms with Gasteiger partial charge in [-0.25, -0.2) is 9.97 Å². The van der Waals surface area contributed by atoms with E-state index in [-0.39, 0.29) is 11.7 Å². The Bertz CT molecular complexity index is 955. The fraction of sp³-hybridized carbons (Fsp3) is 0.261. The third-order valence-electron chi connectivity index (χ3n) is 5.17. The molecule has 3 aromatic rings. The largest absolute Gasteiger partial charge is 0.497 e. The fourth-order valence-corrected chi connectivity index (χ4v) is 3.61. The van der Waals surface area contributed by atoms with Gasteiger partial charge in [-0.3, -0.25) is 4.79 Å². The first-order chi connectivity index (χ1) is 13.7. The van der Waals surface area contributed by atoms with E-state index in [0.29, 0.717) is 17.9 Å². The van der Waals surface area contributed by atoms with E-state index in [4.69, 9.17) is 4.74 Å². The van der Waals surface area contributed by atoms with Gasteiger partial charge in [-0.05, 0) is 42.0 Å². The molecule has 0 aliphatic heterocycles. The number of fused-ring (bicyclic) bond motifs is 1. The van der Waals surface area contributed by atoms with E-state index in [1.807, 2.05) is 42.5 Å². The number of hydrogen-bond acceptors (Lipinski definition) is 5. The molecule has 4 rings (SSSR count). The number of methoxy groups -OCH3 is 1. The third kappa shape index (κ3) is 4.03. The van der Waals surface area contributed by atoms with Crippen molar-refractivity contribution in [3.63, 3.8) is 0 Å². The molecule has 1 heterocycles. The van der Waals surface area contributed by atoms with Crippen LogP contribution in [0.1, 0.15) is 39.5 Å². The molecule has 142 valence electrons. The Labute approximate surface area is 164 Å². The third-order valence-corrected chi connectivity index (χ3v) is 5.17. The van der Waals surface area contributed by atoms with Gasteiger partial charge in [0.2, 0.25) is 5.95 Å². The molecule has 1 aliphatic rings. The molecule has 0 bridgehead atoms. The number of ether oxygens (including phenoxy) is 1.